The first kappa shape index (κ1) is 14.8. The highest BCUT2D eigenvalue weighted by molar-refractivity contribution is 5.89. The smallest absolute Gasteiger partial charge is 0.258 e. The first-order valence-corrected chi connectivity index (χ1v) is 6.75. The first-order valence-electron chi connectivity index (χ1n) is 6.75. The van der Waals surface area contributed by atoms with Gasteiger partial charge in [-0.1, -0.05) is 13.8 Å². The van der Waals surface area contributed by atoms with E-state index in [1.54, 1.807) is 12.1 Å². The molecule has 0 aliphatic carbocycles. The summed E-state index contributed by atoms with van der Waals surface area (Å²) in [4.78, 5) is 29.9. The number of rotatable bonds is 5. The first-order chi connectivity index (χ1) is 9.97. The van der Waals surface area contributed by atoms with Crippen molar-refractivity contribution in [3.63, 3.8) is 0 Å². The number of nitrogens with zero attached hydrogens (tertiary/aromatic N) is 1. The van der Waals surface area contributed by atoms with Crippen LogP contribution in [0.4, 0.5) is 11.4 Å². The number of anilines is 2. The standard InChI is InChI=1S/C14H19N5O2/c1-8(2)5-17-13(20)6-16-12-4-11-9(3-10(12)15)14(21)19-7-18-11/h3-4,7-8,16H,5-6,15H2,1-2H3,(H,17,20)(H,18,19,21). The third-order valence-electron chi connectivity index (χ3n) is 2.96. The minimum absolute atomic E-state index is 0.109. The van der Waals surface area contributed by atoms with Crippen molar-refractivity contribution in [3.8, 4) is 0 Å². The van der Waals surface area contributed by atoms with Crippen LogP contribution in [0.5, 0.6) is 0 Å². The van der Waals surface area contributed by atoms with Gasteiger partial charge < -0.3 is 21.4 Å². The number of amides is 1. The Labute approximate surface area is 122 Å². The van der Waals surface area contributed by atoms with Crippen LogP contribution >= 0.6 is 0 Å². The molecule has 7 nitrogen and oxygen atoms in total. The maximum atomic E-state index is 11.7. The minimum Gasteiger partial charge on any atom is -0.397 e. The van der Waals surface area contributed by atoms with Gasteiger partial charge in [0.05, 0.1) is 35.1 Å². The summed E-state index contributed by atoms with van der Waals surface area (Å²) in [6.45, 7) is 4.80. The van der Waals surface area contributed by atoms with Crippen molar-refractivity contribution in [2.24, 2.45) is 5.92 Å². The molecule has 0 radical (unpaired) electrons. The Morgan fingerprint density at radius 1 is 1.43 bits per heavy atom. The predicted octanol–water partition coefficient (Wildman–Crippen LogP) is 0.689. The molecule has 0 spiro atoms. The van der Waals surface area contributed by atoms with Gasteiger partial charge in [-0.05, 0) is 18.1 Å². The van der Waals surface area contributed by atoms with Crippen LogP contribution in [0, 0.1) is 5.92 Å². The van der Waals surface area contributed by atoms with Gasteiger partial charge in [-0.15, -0.1) is 0 Å². The molecule has 5 N–H and O–H groups in total. The summed E-state index contributed by atoms with van der Waals surface area (Å²) in [5.74, 6) is 0.290. The maximum Gasteiger partial charge on any atom is 0.258 e. The van der Waals surface area contributed by atoms with Crippen LogP contribution in [-0.4, -0.2) is 29.0 Å². The van der Waals surface area contributed by atoms with E-state index in [0.29, 0.717) is 34.7 Å². The molecule has 0 aliphatic heterocycles. The molecule has 0 bridgehead atoms. The Kier molecular flexibility index (Phi) is 4.42. The Bertz CT molecular complexity index is 708. The molecule has 1 aromatic carbocycles. The second kappa shape index (κ2) is 6.25. The van der Waals surface area contributed by atoms with Gasteiger partial charge in [0.15, 0.2) is 0 Å². The van der Waals surface area contributed by atoms with Crippen LogP contribution in [0.25, 0.3) is 10.9 Å². The number of carbonyl (C=O) groups excluding carboxylic acids is 1. The molecule has 0 atom stereocenters. The van der Waals surface area contributed by atoms with E-state index in [-0.39, 0.29) is 18.0 Å². The molecule has 0 unspecified atom stereocenters. The van der Waals surface area contributed by atoms with E-state index < -0.39 is 0 Å². The van der Waals surface area contributed by atoms with Crippen molar-refractivity contribution in [3.05, 3.63) is 28.8 Å². The van der Waals surface area contributed by atoms with Gasteiger partial charge in [0, 0.05) is 6.54 Å². The van der Waals surface area contributed by atoms with E-state index in [0.717, 1.165) is 0 Å². The molecule has 0 aliphatic rings. The Balaban J connectivity index is 2.10. The molecular formula is C14H19N5O2. The summed E-state index contributed by atoms with van der Waals surface area (Å²) in [5, 5.41) is 6.19. The summed E-state index contributed by atoms with van der Waals surface area (Å²) >= 11 is 0. The third-order valence-corrected chi connectivity index (χ3v) is 2.96. The number of nitrogens with two attached hydrogens (primary N) is 1. The summed E-state index contributed by atoms with van der Waals surface area (Å²) in [6, 6.07) is 3.21. The zero-order chi connectivity index (χ0) is 15.4. The highest BCUT2D eigenvalue weighted by atomic mass is 16.2. The molecule has 21 heavy (non-hydrogen) atoms. The van der Waals surface area contributed by atoms with Crippen LogP contribution in [0.15, 0.2) is 23.3 Å². The number of carbonyl (C=O) groups is 1. The zero-order valence-electron chi connectivity index (χ0n) is 12.1. The fraction of sp³-hybridized carbons (Fsp3) is 0.357. The number of aromatic nitrogens is 2. The fourth-order valence-corrected chi connectivity index (χ4v) is 1.84. The highest BCUT2D eigenvalue weighted by Crippen LogP contribution is 2.22. The summed E-state index contributed by atoms with van der Waals surface area (Å²) in [7, 11) is 0. The van der Waals surface area contributed by atoms with Gasteiger partial charge in [-0.25, -0.2) is 4.98 Å². The maximum absolute atomic E-state index is 11.7. The van der Waals surface area contributed by atoms with Gasteiger partial charge in [-0.2, -0.15) is 0 Å². The quantitative estimate of drug-likeness (QED) is 0.605. The lowest BCUT2D eigenvalue weighted by atomic mass is 10.2. The second-order valence-corrected chi connectivity index (χ2v) is 5.24. The molecule has 2 rings (SSSR count). The average Bonchev–Trinajstić information content (AvgIpc) is 2.44. The lowest BCUT2D eigenvalue weighted by Gasteiger charge is -2.11. The molecule has 1 aromatic heterocycles. The number of nitrogen functional groups attached to an aromatic ring is 1. The molecular weight excluding hydrogens is 270 g/mol. The number of hydrogen-bond acceptors (Lipinski definition) is 5. The van der Waals surface area contributed by atoms with Gasteiger partial charge in [0.25, 0.3) is 5.56 Å². The van der Waals surface area contributed by atoms with E-state index in [9.17, 15) is 9.59 Å². The van der Waals surface area contributed by atoms with E-state index in [1.807, 2.05) is 13.8 Å². The van der Waals surface area contributed by atoms with E-state index >= 15 is 0 Å². The molecule has 0 saturated heterocycles. The van der Waals surface area contributed by atoms with Crippen molar-refractivity contribution in [2.45, 2.75) is 13.8 Å². The van der Waals surface area contributed by atoms with Gasteiger partial charge in [0.2, 0.25) is 5.91 Å². The second-order valence-electron chi connectivity index (χ2n) is 5.24. The van der Waals surface area contributed by atoms with Crippen LogP contribution in [0.3, 0.4) is 0 Å². The third kappa shape index (κ3) is 3.71. The molecule has 1 heterocycles. The largest absolute Gasteiger partial charge is 0.397 e. The van der Waals surface area contributed by atoms with Gasteiger partial charge >= 0.3 is 0 Å². The number of hydrogen-bond donors (Lipinski definition) is 4. The number of benzene rings is 1. The average molecular weight is 289 g/mol. The fourth-order valence-electron chi connectivity index (χ4n) is 1.84. The molecule has 0 saturated carbocycles. The topological polar surface area (TPSA) is 113 Å². The Morgan fingerprint density at radius 2 is 2.19 bits per heavy atom. The number of H-pyrrole nitrogens is 1. The molecule has 7 heteroatoms. The van der Waals surface area contributed by atoms with Crippen molar-refractivity contribution < 1.29 is 4.79 Å². The van der Waals surface area contributed by atoms with Crippen molar-refractivity contribution >= 4 is 28.2 Å². The molecule has 0 fully saturated rings. The zero-order valence-corrected chi connectivity index (χ0v) is 12.1. The van der Waals surface area contributed by atoms with Crippen LogP contribution in [-0.2, 0) is 4.79 Å². The normalized spacial score (nSPS) is 10.8. The highest BCUT2D eigenvalue weighted by Gasteiger charge is 2.07. The summed E-state index contributed by atoms with van der Waals surface area (Å²) in [5.41, 5.74) is 7.16. The van der Waals surface area contributed by atoms with Crippen molar-refractivity contribution in [1.82, 2.24) is 15.3 Å². The lowest BCUT2D eigenvalue weighted by molar-refractivity contribution is -0.119. The number of fused-ring (bicyclic) bond motifs is 1. The van der Waals surface area contributed by atoms with Crippen molar-refractivity contribution in [1.29, 1.82) is 0 Å². The monoisotopic (exact) mass is 289 g/mol. The van der Waals surface area contributed by atoms with Crippen molar-refractivity contribution in [2.75, 3.05) is 24.1 Å². The van der Waals surface area contributed by atoms with E-state index in [2.05, 4.69) is 20.6 Å². The molecule has 2 aromatic rings. The van der Waals surface area contributed by atoms with E-state index in [1.165, 1.54) is 6.33 Å². The summed E-state index contributed by atoms with van der Waals surface area (Å²) < 4.78 is 0. The predicted molar refractivity (Wildman–Crippen MR) is 83.1 cm³/mol. The van der Waals surface area contributed by atoms with E-state index in [4.69, 9.17) is 5.73 Å². The molecule has 112 valence electrons. The molecule has 1 amide bonds. The summed E-state index contributed by atoms with van der Waals surface area (Å²) in [6.07, 6.45) is 1.33. The Morgan fingerprint density at radius 3 is 2.90 bits per heavy atom. The van der Waals surface area contributed by atoms with Crippen LogP contribution < -0.4 is 21.9 Å². The lowest BCUT2D eigenvalue weighted by Crippen LogP contribution is -2.32. The van der Waals surface area contributed by atoms with Gasteiger partial charge in [-0.3, -0.25) is 9.59 Å². The Hall–Kier alpha value is -2.57. The SMILES string of the molecule is CC(C)CNC(=O)CNc1cc2nc[nH]c(=O)c2cc1N. The van der Waals surface area contributed by atoms with Gasteiger partial charge in [0.1, 0.15) is 0 Å². The number of nitrogens with one attached hydrogen (secondary N) is 3. The van der Waals surface area contributed by atoms with Crippen LogP contribution in [0.2, 0.25) is 0 Å². The minimum atomic E-state index is -0.243. The number of aromatic amines is 1. The van der Waals surface area contributed by atoms with Crippen LogP contribution in [0.1, 0.15) is 13.8 Å².